The number of ether oxygens (including phenoxy) is 1. The molecule has 1 aliphatic rings. The number of thiazole rings is 1. The lowest BCUT2D eigenvalue weighted by molar-refractivity contribution is 0.111. The Morgan fingerprint density at radius 1 is 1.64 bits per heavy atom. The minimum Gasteiger partial charge on any atom is -0.378 e. The van der Waals surface area contributed by atoms with Crippen molar-refractivity contribution in [3.8, 4) is 0 Å². The summed E-state index contributed by atoms with van der Waals surface area (Å²) in [5.74, 6) is 0. The van der Waals surface area contributed by atoms with Gasteiger partial charge in [-0.05, 0) is 6.92 Å². The van der Waals surface area contributed by atoms with Crippen LogP contribution in [-0.2, 0) is 4.74 Å². The Kier molecular flexibility index (Phi) is 3.00. The maximum absolute atomic E-state index is 5.35. The van der Waals surface area contributed by atoms with Crippen LogP contribution in [-0.4, -0.2) is 37.3 Å². The van der Waals surface area contributed by atoms with E-state index < -0.39 is 0 Å². The maximum atomic E-state index is 5.35. The van der Waals surface area contributed by atoms with Gasteiger partial charge in [-0.15, -0.1) is 11.3 Å². The van der Waals surface area contributed by atoms with Crippen molar-refractivity contribution in [3.05, 3.63) is 11.1 Å². The molecule has 1 aliphatic heterocycles. The zero-order valence-electron chi connectivity index (χ0n) is 8.41. The fraction of sp³-hybridized carbons (Fsp3) is 0.667. The van der Waals surface area contributed by atoms with Gasteiger partial charge in [0.15, 0.2) is 5.13 Å². The van der Waals surface area contributed by atoms with Crippen molar-refractivity contribution in [3.63, 3.8) is 0 Å². The van der Waals surface area contributed by atoms with Crippen molar-refractivity contribution >= 4 is 16.5 Å². The van der Waals surface area contributed by atoms with E-state index >= 15 is 0 Å². The number of aryl methyl sites for hydroxylation is 1. The third-order valence-corrected chi connectivity index (χ3v) is 3.28. The van der Waals surface area contributed by atoms with E-state index in [2.05, 4.69) is 15.6 Å². The van der Waals surface area contributed by atoms with E-state index in [4.69, 9.17) is 4.74 Å². The number of nitrogens with zero attached hydrogens (tertiary/aromatic N) is 1. The molecule has 1 unspecified atom stereocenters. The molecule has 1 fully saturated rings. The highest BCUT2D eigenvalue weighted by molar-refractivity contribution is 7.13. The smallest absolute Gasteiger partial charge is 0.183 e. The van der Waals surface area contributed by atoms with Crippen LogP contribution in [0, 0.1) is 6.92 Å². The lowest BCUT2D eigenvalue weighted by atomic mass is 10.2. The average molecular weight is 213 g/mol. The third kappa shape index (κ3) is 2.05. The predicted molar refractivity (Wildman–Crippen MR) is 57.9 cm³/mol. The quantitative estimate of drug-likeness (QED) is 0.781. The van der Waals surface area contributed by atoms with E-state index in [1.165, 1.54) is 0 Å². The number of anilines is 1. The van der Waals surface area contributed by atoms with Gasteiger partial charge in [-0.1, -0.05) is 0 Å². The van der Waals surface area contributed by atoms with Crippen LogP contribution in [0.4, 0.5) is 5.13 Å². The molecule has 1 saturated heterocycles. The summed E-state index contributed by atoms with van der Waals surface area (Å²) in [7, 11) is 1.75. The number of nitrogens with one attached hydrogen (secondary N) is 2. The van der Waals surface area contributed by atoms with E-state index in [0.717, 1.165) is 23.9 Å². The first kappa shape index (κ1) is 9.89. The topological polar surface area (TPSA) is 46.2 Å². The van der Waals surface area contributed by atoms with Gasteiger partial charge in [-0.25, -0.2) is 4.98 Å². The van der Waals surface area contributed by atoms with Gasteiger partial charge in [0.25, 0.3) is 0 Å². The molecule has 0 amide bonds. The number of hydrogen-bond donors (Lipinski definition) is 2. The number of methoxy groups -OCH3 is 1. The first-order valence-corrected chi connectivity index (χ1v) is 5.59. The van der Waals surface area contributed by atoms with Gasteiger partial charge in [0.05, 0.1) is 17.8 Å². The first-order valence-electron chi connectivity index (χ1n) is 4.72. The first-order chi connectivity index (χ1) is 6.79. The summed E-state index contributed by atoms with van der Waals surface area (Å²) in [5.41, 5.74) is 1.07. The average Bonchev–Trinajstić information content (AvgIpc) is 2.76. The van der Waals surface area contributed by atoms with Gasteiger partial charge in [0.1, 0.15) is 0 Å². The fourth-order valence-electron chi connectivity index (χ4n) is 1.63. The molecule has 1 aromatic rings. The highest BCUT2D eigenvalue weighted by Crippen LogP contribution is 2.18. The largest absolute Gasteiger partial charge is 0.378 e. The molecule has 1 aromatic heterocycles. The minimum absolute atomic E-state index is 0.249. The molecular weight excluding hydrogens is 198 g/mol. The number of rotatable bonds is 3. The third-order valence-electron chi connectivity index (χ3n) is 2.39. The van der Waals surface area contributed by atoms with Crippen LogP contribution in [0.1, 0.15) is 5.69 Å². The number of hydrogen-bond acceptors (Lipinski definition) is 5. The van der Waals surface area contributed by atoms with Gasteiger partial charge in [-0.2, -0.15) is 0 Å². The SMILES string of the molecule is CO[C@H]1CNCC1Nc1nc(C)cs1. The van der Waals surface area contributed by atoms with Crippen molar-refractivity contribution in [1.82, 2.24) is 10.3 Å². The van der Waals surface area contributed by atoms with E-state index in [9.17, 15) is 0 Å². The van der Waals surface area contributed by atoms with E-state index in [1.807, 2.05) is 12.3 Å². The normalized spacial score (nSPS) is 26.7. The Morgan fingerprint density at radius 3 is 3.14 bits per heavy atom. The second-order valence-electron chi connectivity index (χ2n) is 3.48. The van der Waals surface area contributed by atoms with Crippen molar-refractivity contribution in [2.24, 2.45) is 0 Å². The molecular formula is C9H15N3OS. The summed E-state index contributed by atoms with van der Waals surface area (Å²) < 4.78 is 5.35. The summed E-state index contributed by atoms with van der Waals surface area (Å²) >= 11 is 1.64. The molecule has 2 rings (SSSR count). The van der Waals surface area contributed by atoms with Gasteiger partial charge in [-0.3, -0.25) is 0 Å². The summed E-state index contributed by atoms with van der Waals surface area (Å²) in [6.45, 7) is 3.86. The van der Waals surface area contributed by atoms with E-state index in [1.54, 1.807) is 18.4 Å². The molecule has 78 valence electrons. The van der Waals surface area contributed by atoms with Crippen LogP contribution in [0.2, 0.25) is 0 Å². The lowest BCUT2D eigenvalue weighted by Gasteiger charge is -2.17. The van der Waals surface area contributed by atoms with Gasteiger partial charge in [0.2, 0.25) is 0 Å². The molecule has 5 heteroatoms. The van der Waals surface area contributed by atoms with Crippen LogP contribution in [0.25, 0.3) is 0 Å². The molecule has 0 saturated carbocycles. The monoisotopic (exact) mass is 213 g/mol. The predicted octanol–water partition coefficient (Wildman–Crippen LogP) is 0.850. The molecule has 2 atom stereocenters. The zero-order chi connectivity index (χ0) is 9.97. The molecule has 0 aliphatic carbocycles. The van der Waals surface area contributed by atoms with Crippen LogP contribution in [0.15, 0.2) is 5.38 Å². The highest BCUT2D eigenvalue weighted by atomic mass is 32.1. The fourth-order valence-corrected chi connectivity index (χ4v) is 2.38. The summed E-state index contributed by atoms with van der Waals surface area (Å²) in [4.78, 5) is 4.37. The van der Waals surface area contributed by atoms with E-state index in [-0.39, 0.29) is 6.10 Å². The molecule has 0 radical (unpaired) electrons. The molecule has 0 spiro atoms. The molecule has 4 nitrogen and oxygen atoms in total. The van der Waals surface area contributed by atoms with Crippen LogP contribution in [0.3, 0.4) is 0 Å². The zero-order valence-corrected chi connectivity index (χ0v) is 9.23. The molecule has 14 heavy (non-hydrogen) atoms. The number of aromatic nitrogens is 1. The van der Waals surface area contributed by atoms with Crippen LogP contribution < -0.4 is 10.6 Å². The second kappa shape index (κ2) is 4.25. The van der Waals surface area contributed by atoms with Crippen molar-refractivity contribution in [1.29, 1.82) is 0 Å². The van der Waals surface area contributed by atoms with Crippen LogP contribution in [0.5, 0.6) is 0 Å². The summed E-state index contributed by atoms with van der Waals surface area (Å²) in [6.07, 6.45) is 0.249. The Bertz CT molecular complexity index is 302. The second-order valence-corrected chi connectivity index (χ2v) is 4.34. The molecule has 0 aromatic carbocycles. The summed E-state index contributed by atoms with van der Waals surface area (Å²) in [6, 6.07) is 0.338. The summed E-state index contributed by atoms with van der Waals surface area (Å²) in [5, 5.41) is 9.70. The Morgan fingerprint density at radius 2 is 2.50 bits per heavy atom. The minimum atomic E-state index is 0.249. The Hall–Kier alpha value is -0.650. The molecule has 2 heterocycles. The van der Waals surface area contributed by atoms with Crippen LogP contribution >= 0.6 is 11.3 Å². The van der Waals surface area contributed by atoms with Crippen molar-refractivity contribution < 1.29 is 4.74 Å². The lowest BCUT2D eigenvalue weighted by Crippen LogP contribution is -2.33. The molecule has 0 bridgehead atoms. The molecule has 2 N–H and O–H groups in total. The highest BCUT2D eigenvalue weighted by Gasteiger charge is 2.27. The maximum Gasteiger partial charge on any atom is 0.183 e. The van der Waals surface area contributed by atoms with Gasteiger partial charge < -0.3 is 15.4 Å². The van der Waals surface area contributed by atoms with Crippen molar-refractivity contribution in [2.45, 2.75) is 19.1 Å². The Balaban J connectivity index is 1.96. The Labute approximate surface area is 87.7 Å². The van der Waals surface area contributed by atoms with Gasteiger partial charge in [0, 0.05) is 25.6 Å². The van der Waals surface area contributed by atoms with Gasteiger partial charge >= 0.3 is 0 Å². The van der Waals surface area contributed by atoms with Crippen molar-refractivity contribution in [2.75, 3.05) is 25.5 Å². The van der Waals surface area contributed by atoms with E-state index in [0.29, 0.717) is 6.04 Å². The standard InChI is InChI=1S/C9H15N3OS/c1-6-5-14-9(11-6)12-7-3-10-4-8(7)13-2/h5,7-8,10H,3-4H2,1-2H3,(H,11,12)/t7?,8-/m0/s1.